The van der Waals surface area contributed by atoms with Crippen molar-refractivity contribution in [2.75, 3.05) is 0 Å². The Kier molecular flexibility index (Phi) is 3.94. The Morgan fingerprint density at radius 3 is 2.71 bits per heavy atom. The van der Waals surface area contributed by atoms with Crippen LogP contribution in [0.3, 0.4) is 0 Å². The van der Waals surface area contributed by atoms with E-state index in [0.29, 0.717) is 5.41 Å². The Bertz CT molecular complexity index is 606. The van der Waals surface area contributed by atoms with Gasteiger partial charge in [0.25, 0.3) is 0 Å². The van der Waals surface area contributed by atoms with Gasteiger partial charge in [0, 0.05) is 0 Å². The molecule has 5 aliphatic carbocycles. The van der Waals surface area contributed by atoms with Crippen LogP contribution in [0.5, 0.6) is 0 Å². The topological polar surface area (TPSA) is 0 Å². The molecule has 0 heterocycles. The standard InChI is InChI=1S/C22H28.C2H6/c1-4-20-18-12-19(18)21-17-8-6-14-11-13(2)5-7-15(14)16(17)9-10-22(20,21)3;1-2/h4,6,8,11,15-21H,1-2,5,7,9-10,12H2,3H3;1-2H3. The van der Waals surface area contributed by atoms with Crippen molar-refractivity contribution in [3.63, 3.8) is 0 Å². The van der Waals surface area contributed by atoms with Crippen LogP contribution in [0, 0.1) is 46.8 Å². The average molecular weight is 323 g/mol. The van der Waals surface area contributed by atoms with Crippen molar-refractivity contribution < 1.29 is 0 Å². The van der Waals surface area contributed by atoms with Gasteiger partial charge < -0.3 is 0 Å². The minimum atomic E-state index is 0.542. The average Bonchev–Trinajstić information content (AvgIpc) is 3.31. The summed E-state index contributed by atoms with van der Waals surface area (Å²) in [6, 6.07) is 0. The molecule has 0 bridgehead atoms. The maximum Gasteiger partial charge on any atom is -0.0125 e. The fraction of sp³-hybridized carbons (Fsp3) is 0.667. The Labute approximate surface area is 148 Å². The molecule has 8 unspecified atom stereocenters. The van der Waals surface area contributed by atoms with E-state index in [-0.39, 0.29) is 0 Å². The van der Waals surface area contributed by atoms with Crippen molar-refractivity contribution in [2.45, 2.75) is 52.9 Å². The van der Waals surface area contributed by atoms with E-state index < -0.39 is 0 Å². The quantitative estimate of drug-likeness (QED) is 0.479. The number of fused-ring (bicyclic) bond motifs is 7. The van der Waals surface area contributed by atoms with Crippen molar-refractivity contribution in [3.8, 4) is 0 Å². The maximum atomic E-state index is 4.20. The Morgan fingerprint density at radius 1 is 1.17 bits per heavy atom. The minimum absolute atomic E-state index is 0.542. The molecular weight excluding hydrogens is 288 g/mol. The van der Waals surface area contributed by atoms with Crippen molar-refractivity contribution in [3.05, 3.63) is 48.6 Å². The van der Waals surface area contributed by atoms with Crippen LogP contribution in [0.25, 0.3) is 0 Å². The lowest BCUT2D eigenvalue weighted by Crippen LogP contribution is -2.46. The molecule has 0 spiro atoms. The molecule has 8 atom stereocenters. The molecule has 5 rings (SSSR count). The highest BCUT2D eigenvalue weighted by Gasteiger charge is 2.67. The summed E-state index contributed by atoms with van der Waals surface area (Å²) < 4.78 is 0. The van der Waals surface area contributed by atoms with E-state index >= 15 is 0 Å². The second-order valence-corrected chi connectivity index (χ2v) is 8.94. The van der Waals surface area contributed by atoms with Crippen LogP contribution in [-0.2, 0) is 0 Å². The van der Waals surface area contributed by atoms with Gasteiger partial charge in [0.05, 0.1) is 0 Å². The first-order valence-electron chi connectivity index (χ1n) is 10.3. The zero-order valence-electron chi connectivity index (χ0n) is 15.8. The molecule has 0 N–H and O–H groups in total. The SMILES string of the molecule is C=CC1C2CC2C2C3C=CC4=CC(=C)CCC4C3CCC12C.CC. The first kappa shape index (κ1) is 16.4. The van der Waals surface area contributed by atoms with Crippen LogP contribution in [0.1, 0.15) is 52.9 Å². The largest absolute Gasteiger partial charge is 0.103 e. The predicted octanol–water partition coefficient (Wildman–Crippen LogP) is 6.58. The molecule has 130 valence electrons. The summed E-state index contributed by atoms with van der Waals surface area (Å²) in [4.78, 5) is 0. The van der Waals surface area contributed by atoms with Gasteiger partial charge in [0.2, 0.25) is 0 Å². The smallest absolute Gasteiger partial charge is 0.0125 e. The fourth-order valence-electron chi connectivity index (χ4n) is 7.21. The van der Waals surface area contributed by atoms with E-state index in [9.17, 15) is 0 Å². The lowest BCUT2D eigenvalue weighted by molar-refractivity contribution is 0.00332. The van der Waals surface area contributed by atoms with Crippen LogP contribution in [0.15, 0.2) is 48.6 Å². The molecule has 0 saturated heterocycles. The van der Waals surface area contributed by atoms with Gasteiger partial charge >= 0.3 is 0 Å². The van der Waals surface area contributed by atoms with Crippen LogP contribution < -0.4 is 0 Å². The summed E-state index contributed by atoms with van der Waals surface area (Å²) in [7, 11) is 0. The summed E-state index contributed by atoms with van der Waals surface area (Å²) >= 11 is 0. The van der Waals surface area contributed by atoms with Crippen LogP contribution in [-0.4, -0.2) is 0 Å². The molecule has 0 nitrogen and oxygen atoms in total. The van der Waals surface area contributed by atoms with E-state index in [1.165, 1.54) is 37.7 Å². The van der Waals surface area contributed by atoms with Crippen molar-refractivity contribution in [2.24, 2.45) is 46.8 Å². The molecule has 0 aromatic heterocycles. The van der Waals surface area contributed by atoms with Crippen molar-refractivity contribution in [1.29, 1.82) is 0 Å². The summed E-state index contributed by atoms with van der Waals surface area (Å²) in [5.41, 5.74) is 3.47. The Hall–Kier alpha value is -1.04. The third-order valence-electron chi connectivity index (χ3n) is 8.12. The van der Waals surface area contributed by atoms with E-state index in [2.05, 4.69) is 44.4 Å². The monoisotopic (exact) mass is 322 g/mol. The maximum absolute atomic E-state index is 4.20. The van der Waals surface area contributed by atoms with E-state index in [1.807, 2.05) is 13.8 Å². The van der Waals surface area contributed by atoms with Crippen LogP contribution >= 0.6 is 0 Å². The molecule has 3 fully saturated rings. The highest BCUT2D eigenvalue weighted by atomic mass is 14.7. The number of hydrogen-bond donors (Lipinski definition) is 0. The van der Waals surface area contributed by atoms with Gasteiger partial charge in [-0.1, -0.05) is 57.2 Å². The predicted molar refractivity (Wildman–Crippen MR) is 104 cm³/mol. The van der Waals surface area contributed by atoms with Gasteiger partial charge in [-0.2, -0.15) is 0 Å². The molecule has 0 heteroatoms. The normalized spacial score (nSPS) is 50.4. The van der Waals surface area contributed by atoms with Gasteiger partial charge in [0.1, 0.15) is 0 Å². The van der Waals surface area contributed by atoms with E-state index in [1.54, 1.807) is 5.57 Å². The highest BCUT2D eigenvalue weighted by Crippen LogP contribution is 2.74. The van der Waals surface area contributed by atoms with Crippen molar-refractivity contribution in [1.82, 2.24) is 0 Å². The molecule has 0 amide bonds. The summed E-state index contributed by atoms with van der Waals surface area (Å²) in [5.74, 6) is 6.28. The summed E-state index contributed by atoms with van der Waals surface area (Å²) in [5, 5.41) is 0. The van der Waals surface area contributed by atoms with Gasteiger partial charge in [-0.25, -0.2) is 0 Å². The van der Waals surface area contributed by atoms with Crippen molar-refractivity contribution >= 4 is 0 Å². The zero-order chi connectivity index (χ0) is 17.1. The molecule has 0 aromatic carbocycles. The number of allylic oxidation sites excluding steroid dienone is 6. The van der Waals surface area contributed by atoms with E-state index in [0.717, 1.165) is 41.4 Å². The molecule has 3 saturated carbocycles. The second-order valence-electron chi connectivity index (χ2n) is 8.94. The Balaban J connectivity index is 0.000000704. The highest BCUT2D eigenvalue weighted by molar-refractivity contribution is 5.38. The molecule has 0 aromatic rings. The van der Waals surface area contributed by atoms with Gasteiger partial charge in [0.15, 0.2) is 0 Å². The van der Waals surface area contributed by atoms with Gasteiger partial charge in [-0.15, -0.1) is 6.58 Å². The molecule has 24 heavy (non-hydrogen) atoms. The fourth-order valence-corrected chi connectivity index (χ4v) is 7.21. The number of rotatable bonds is 1. The molecule has 0 aliphatic heterocycles. The van der Waals surface area contributed by atoms with E-state index in [4.69, 9.17) is 0 Å². The van der Waals surface area contributed by atoms with Gasteiger partial charge in [-0.05, 0) is 84.5 Å². The van der Waals surface area contributed by atoms with Gasteiger partial charge in [-0.3, -0.25) is 0 Å². The minimum Gasteiger partial charge on any atom is -0.103 e. The van der Waals surface area contributed by atoms with Crippen LogP contribution in [0.2, 0.25) is 0 Å². The zero-order valence-corrected chi connectivity index (χ0v) is 15.8. The first-order chi connectivity index (χ1) is 11.6. The molecule has 0 radical (unpaired) electrons. The number of hydrogen-bond acceptors (Lipinski definition) is 0. The lowest BCUT2D eigenvalue weighted by atomic mass is 9.51. The lowest BCUT2D eigenvalue weighted by Gasteiger charge is -2.53. The molecule has 5 aliphatic rings. The van der Waals surface area contributed by atoms with Crippen LogP contribution in [0.4, 0.5) is 0 Å². The first-order valence-corrected chi connectivity index (χ1v) is 10.3. The summed E-state index contributed by atoms with van der Waals surface area (Å²) in [6.45, 7) is 15.0. The third-order valence-corrected chi connectivity index (χ3v) is 8.12. The summed E-state index contributed by atoms with van der Waals surface area (Å²) in [6.07, 6.45) is 16.7. The second kappa shape index (κ2) is 5.75. The molecular formula is C24H34. The third kappa shape index (κ3) is 2.11. The Morgan fingerprint density at radius 2 is 1.96 bits per heavy atom.